The molecule has 1 amide bonds. The molecule has 14 heteroatoms. The highest BCUT2D eigenvalue weighted by Crippen LogP contribution is 2.35. The zero-order valence-electron chi connectivity index (χ0n) is 17.0. The summed E-state index contributed by atoms with van der Waals surface area (Å²) in [6.45, 7) is 3.59. The van der Waals surface area contributed by atoms with Crippen LogP contribution in [0.5, 0.6) is 0 Å². The van der Waals surface area contributed by atoms with Crippen molar-refractivity contribution < 1.29 is 19.3 Å². The third-order valence-electron chi connectivity index (χ3n) is 4.67. The highest BCUT2D eigenvalue weighted by atomic mass is 32.1. The van der Waals surface area contributed by atoms with Crippen LogP contribution in [0, 0.1) is 21.4 Å². The Kier molecular flexibility index (Phi) is 6.57. The Labute approximate surface area is 190 Å². The van der Waals surface area contributed by atoms with E-state index in [4.69, 9.17) is 18.1 Å². The topological polar surface area (TPSA) is 182 Å². The van der Waals surface area contributed by atoms with Crippen molar-refractivity contribution >= 4 is 72.9 Å². The van der Waals surface area contributed by atoms with Crippen LogP contribution >= 0.6 is 23.6 Å². The Hall–Kier alpha value is -3.36. The molecular weight excluding hydrogens is 458 g/mol. The Bertz CT molecular complexity index is 1150. The largest absolute Gasteiger partial charge is 0.300 e. The molecule has 32 heavy (non-hydrogen) atoms. The van der Waals surface area contributed by atoms with E-state index in [0.717, 1.165) is 11.3 Å². The second-order valence-electron chi connectivity index (χ2n) is 7.85. The fourth-order valence-electron chi connectivity index (χ4n) is 3.33. The van der Waals surface area contributed by atoms with Gasteiger partial charge in [0.15, 0.2) is 5.13 Å². The van der Waals surface area contributed by atoms with E-state index in [0.29, 0.717) is 10.2 Å². The molecule has 1 heterocycles. The van der Waals surface area contributed by atoms with Crippen LogP contribution in [0.25, 0.3) is 10.2 Å². The number of nitrogens with two attached hydrogens (primary N) is 1. The number of benzene rings is 1. The number of hydrazone groups is 1. The number of fused-ring (bicyclic) bond motifs is 1. The lowest BCUT2D eigenvalue weighted by Crippen LogP contribution is -2.47. The van der Waals surface area contributed by atoms with Crippen molar-refractivity contribution in [2.75, 3.05) is 5.32 Å². The summed E-state index contributed by atoms with van der Waals surface area (Å²) >= 11 is 5.84. The van der Waals surface area contributed by atoms with E-state index in [-0.39, 0.29) is 34.5 Å². The summed E-state index contributed by atoms with van der Waals surface area (Å²) in [6.07, 6.45) is 0.195. The Morgan fingerprint density at radius 2 is 2.00 bits per heavy atom. The average Bonchev–Trinajstić information content (AvgIpc) is 3.09. The third kappa shape index (κ3) is 5.09. The van der Waals surface area contributed by atoms with Gasteiger partial charge in [0.1, 0.15) is 23.2 Å². The normalized spacial score (nSPS) is 16.7. The monoisotopic (exact) mass is 477 g/mol. The summed E-state index contributed by atoms with van der Waals surface area (Å²) < 4.78 is 0.478. The standard InChI is InChI=1S/C18H19N7O5S2/c1-18(2)6-10(26)13(11(27)7-18)14(23-24-16(31)22-19)15(28)21-17-20-9-4-3-8(25(29)30)5-12(9)32-17/h3-5,13H,6-7,19H2,1-2H3,(H,20,21,28)(H2,22,24,31)/b23-14+. The van der Waals surface area contributed by atoms with E-state index >= 15 is 0 Å². The number of nitrogens with one attached hydrogen (secondary N) is 3. The first-order valence-corrected chi connectivity index (χ1v) is 10.5. The number of rotatable bonds is 5. The minimum absolute atomic E-state index is 0.0973. The van der Waals surface area contributed by atoms with Gasteiger partial charge in [-0.15, -0.1) is 0 Å². The number of nitro groups is 1. The molecule has 1 fully saturated rings. The van der Waals surface area contributed by atoms with Crippen LogP contribution in [0.1, 0.15) is 26.7 Å². The second-order valence-corrected chi connectivity index (χ2v) is 9.29. The van der Waals surface area contributed by atoms with Gasteiger partial charge in [-0.2, -0.15) is 5.10 Å². The van der Waals surface area contributed by atoms with Crippen LogP contribution in [-0.2, 0) is 14.4 Å². The summed E-state index contributed by atoms with van der Waals surface area (Å²) in [5, 5.41) is 17.3. The zero-order chi connectivity index (χ0) is 23.6. The molecule has 0 bridgehead atoms. The molecule has 0 unspecified atom stereocenters. The minimum Gasteiger partial charge on any atom is -0.300 e. The number of hydrogen-bond acceptors (Lipinski definition) is 10. The number of non-ortho nitro benzene ring substituents is 1. The van der Waals surface area contributed by atoms with E-state index < -0.39 is 33.7 Å². The molecule has 1 aromatic heterocycles. The third-order valence-corrected chi connectivity index (χ3v) is 5.81. The van der Waals surface area contributed by atoms with Crippen LogP contribution in [0.2, 0.25) is 0 Å². The molecule has 12 nitrogen and oxygen atoms in total. The molecule has 5 N–H and O–H groups in total. The molecule has 1 saturated carbocycles. The number of nitro benzene ring substituents is 1. The van der Waals surface area contributed by atoms with Crippen LogP contribution < -0.4 is 22.0 Å². The predicted octanol–water partition coefficient (Wildman–Crippen LogP) is 1.41. The van der Waals surface area contributed by atoms with Crippen molar-refractivity contribution in [3.63, 3.8) is 0 Å². The van der Waals surface area contributed by atoms with Gasteiger partial charge in [-0.3, -0.25) is 40.7 Å². The molecule has 0 saturated heterocycles. The number of aromatic nitrogens is 1. The van der Waals surface area contributed by atoms with E-state index in [1.54, 1.807) is 13.8 Å². The van der Waals surface area contributed by atoms with Gasteiger partial charge in [-0.25, -0.2) is 10.8 Å². The highest BCUT2D eigenvalue weighted by Gasteiger charge is 2.44. The summed E-state index contributed by atoms with van der Waals surface area (Å²) in [4.78, 5) is 53.1. The molecule has 1 aliphatic rings. The number of amides is 1. The van der Waals surface area contributed by atoms with E-state index in [9.17, 15) is 24.5 Å². The maximum Gasteiger partial charge on any atom is 0.274 e. The van der Waals surface area contributed by atoms with Crippen molar-refractivity contribution in [3.05, 3.63) is 28.3 Å². The van der Waals surface area contributed by atoms with Gasteiger partial charge in [0.2, 0.25) is 5.11 Å². The predicted molar refractivity (Wildman–Crippen MR) is 122 cm³/mol. The smallest absolute Gasteiger partial charge is 0.274 e. The van der Waals surface area contributed by atoms with E-state index in [2.05, 4.69) is 26.3 Å². The number of hydrazine groups is 1. The lowest BCUT2D eigenvalue weighted by atomic mass is 9.70. The maximum atomic E-state index is 13.0. The molecular formula is C18H19N7O5S2. The van der Waals surface area contributed by atoms with Crippen molar-refractivity contribution in [1.29, 1.82) is 0 Å². The maximum absolute atomic E-state index is 13.0. The Morgan fingerprint density at radius 1 is 1.34 bits per heavy atom. The lowest BCUT2D eigenvalue weighted by molar-refractivity contribution is -0.384. The van der Waals surface area contributed by atoms with E-state index in [1.807, 2.05) is 0 Å². The fraction of sp³-hybridized carbons (Fsp3) is 0.333. The number of Topliss-reactive ketones (excluding diaryl/α,β-unsaturated/α-hetero) is 2. The number of carbonyl (C=O) groups excluding carboxylic acids is 3. The number of ketones is 2. The number of anilines is 1. The molecule has 0 spiro atoms. The molecule has 0 atom stereocenters. The number of thiocarbonyl (C=S) groups is 1. The van der Waals surface area contributed by atoms with Crippen LogP contribution in [0.3, 0.4) is 0 Å². The molecule has 0 aliphatic heterocycles. The van der Waals surface area contributed by atoms with E-state index in [1.165, 1.54) is 18.2 Å². The highest BCUT2D eigenvalue weighted by molar-refractivity contribution is 7.80. The molecule has 2 aromatic rings. The minimum atomic E-state index is -1.37. The molecule has 0 radical (unpaired) electrons. The fourth-order valence-corrected chi connectivity index (χ4v) is 4.27. The van der Waals surface area contributed by atoms with Gasteiger partial charge < -0.3 is 0 Å². The van der Waals surface area contributed by atoms with Crippen molar-refractivity contribution in [2.24, 2.45) is 22.3 Å². The summed E-state index contributed by atoms with van der Waals surface area (Å²) in [5.74, 6) is 2.11. The molecule has 3 rings (SSSR count). The van der Waals surface area contributed by atoms with Crippen LogP contribution in [0.15, 0.2) is 23.3 Å². The lowest BCUT2D eigenvalue weighted by Gasteiger charge is -2.32. The molecule has 168 valence electrons. The van der Waals surface area contributed by atoms with Crippen molar-refractivity contribution in [2.45, 2.75) is 26.7 Å². The van der Waals surface area contributed by atoms with Crippen molar-refractivity contribution in [1.82, 2.24) is 15.8 Å². The summed E-state index contributed by atoms with van der Waals surface area (Å²) in [7, 11) is 0. The Morgan fingerprint density at radius 3 is 2.59 bits per heavy atom. The summed E-state index contributed by atoms with van der Waals surface area (Å²) in [6, 6.07) is 4.09. The first-order valence-electron chi connectivity index (χ1n) is 9.26. The van der Waals surface area contributed by atoms with Crippen LogP contribution in [0.4, 0.5) is 10.8 Å². The summed E-state index contributed by atoms with van der Waals surface area (Å²) in [5.41, 5.74) is 3.88. The van der Waals surface area contributed by atoms with Gasteiger partial charge in [0.25, 0.3) is 11.6 Å². The SMILES string of the molecule is CC1(C)CC(=O)C(/C(=N\NC(=S)NN)C(=O)Nc2nc3ccc([N+](=O)[O-])cc3s2)C(=O)C1. The number of carbonyl (C=O) groups is 3. The van der Waals surface area contributed by atoms with Crippen LogP contribution in [-0.4, -0.2) is 38.2 Å². The number of hydrogen-bond donors (Lipinski definition) is 4. The first-order chi connectivity index (χ1) is 15.0. The number of thiazole rings is 1. The average molecular weight is 478 g/mol. The van der Waals surface area contributed by atoms with Crippen molar-refractivity contribution in [3.8, 4) is 0 Å². The molecule has 1 aromatic carbocycles. The quantitative estimate of drug-likeness (QED) is 0.123. The van der Waals surface area contributed by atoms with Gasteiger partial charge in [-0.1, -0.05) is 25.2 Å². The van der Waals surface area contributed by atoms with Gasteiger partial charge >= 0.3 is 0 Å². The first kappa shape index (κ1) is 23.3. The Balaban J connectivity index is 1.91. The number of nitrogens with zero attached hydrogens (tertiary/aromatic N) is 3. The zero-order valence-corrected chi connectivity index (χ0v) is 18.6. The van der Waals surface area contributed by atoms with Gasteiger partial charge in [-0.05, 0) is 23.7 Å². The van der Waals surface area contributed by atoms with Gasteiger partial charge in [0, 0.05) is 25.0 Å². The second kappa shape index (κ2) is 9.02. The molecule has 1 aliphatic carbocycles. The van der Waals surface area contributed by atoms with Gasteiger partial charge in [0.05, 0.1) is 15.1 Å².